The van der Waals surface area contributed by atoms with Gasteiger partial charge in [-0.1, -0.05) is 121 Å². The van der Waals surface area contributed by atoms with Gasteiger partial charge in [-0.25, -0.2) is 15.0 Å². The van der Waals surface area contributed by atoms with Crippen LogP contribution in [0.1, 0.15) is 5.56 Å². The second-order valence-electron chi connectivity index (χ2n) is 10.4. The fraction of sp³-hybridized carbons (Fsp3) is 0.0263. The molecule has 1 aromatic heterocycles. The van der Waals surface area contributed by atoms with Crippen LogP contribution in [0.4, 0.5) is 0 Å². The van der Waals surface area contributed by atoms with Crippen molar-refractivity contribution >= 4 is 10.8 Å². The van der Waals surface area contributed by atoms with Gasteiger partial charge in [-0.15, -0.1) is 0 Å². The van der Waals surface area contributed by atoms with Gasteiger partial charge in [0, 0.05) is 22.3 Å². The standard InChI is InChI=1S/C38H25N3O/c1-3-11-25(12-4-1)36-39-37(26-13-5-2-6-14-26)41-38(40-36)33-21-20-30(31-17-9-10-18-32(31)33)27-19-22-35-34(23-27)29-16-8-7-15-28(29)24-42-35/h1-23H,24H2. The first-order valence-electron chi connectivity index (χ1n) is 14.1. The SMILES string of the molecule is c1ccc(-c2nc(-c3ccccc3)nc(-c3ccc(-c4ccc5c(c4)-c4ccccc4CO5)c4ccccc34)n2)cc1. The van der Waals surface area contributed by atoms with Crippen LogP contribution in [-0.2, 0) is 6.61 Å². The summed E-state index contributed by atoms with van der Waals surface area (Å²) in [6, 6.07) is 47.9. The van der Waals surface area contributed by atoms with Crippen molar-refractivity contribution in [3.05, 3.63) is 145 Å². The molecular weight excluding hydrogens is 514 g/mol. The summed E-state index contributed by atoms with van der Waals surface area (Å²) in [5.41, 5.74) is 8.74. The summed E-state index contributed by atoms with van der Waals surface area (Å²) in [5, 5.41) is 2.23. The van der Waals surface area contributed by atoms with Crippen molar-refractivity contribution in [1.29, 1.82) is 0 Å². The molecule has 198 valence electrons. The molecule has 0 spiro atoms. The Labute approximate surface area is 244 Å². The predicted molar refractivity (Wildman–Crippen MR) is 169 cm³/mol. The monoisotopic (exact) mass is 539 g/mol. The third kappa shape index (κ3) is 4.21. The lowest BCUT2D eigenvalue weighted by Crippen LogP contribution is -2.05. The Morgan fingerprint density at radius 3 is 1.69 bits per heavy atom. The maximum atomic E-state index is 6.08. The number of benzene rings is 6. The quantitative estimate of drug-likeness (QED) is 0.224. The van der Waals surface area contributed by atoms with E-state index in [9.17, 15) is 0 Å². The van der Waals surface area contributed by atoms with Crippen LogP contribution in [0, 0.1) is 0 Å². The molecule has 8 rings (SSSR count). The lowest BCUT2D eigenvalue weighted by Gasteiger charge is -2.22. The first-order chi connectivity index (χ1) is 20.8. The Morgan fingerprint density at radius 1 is 0.405 bits per heavy atom. The lowest BCUT2D eigenvalue weighted by molar-refractivity contribution is 0.302. The predicted octanol–water partition coefficient (Wildman–Crippen LogP) is 9.25. The molecule has 42 heavy (non-hydrogen) atoms. The summed E-state index contributed by atoms with van der Waals surface area (Å²) in [6.07, 6.45) is 0. The van der Waals surface area contributed by atoms with Crippen LogP contribution in [-0.4, -0.2) is 15.0 Å². The van der Waals surface area contributed by atoms with Gasteiger partial charge >= 0.3 is 0 Å². The van der Waals surface area contributed by atoms with E-state index < -0.39 is 0 Å². The molecule has 0 saturated heterocycles. The van der Waals surface area contributed by atoms with E-state index in [1.165, 1.54) is 11.1 Å². The number of fused-ring (bicyclic) bond motifs is 4. The number of hydrogen-bond donors (Lipinski definition) is 0. The summed E-state index contributed by atoms with van der Waals surface area (Å²) in [6.45, 7) is 0.599. The van der Waals surface area contributed by atoms with Gasteiger partial charge in [0.05, 0.1) is 0 Å². The van der Waals surface area contributed by atoms with E-state index in [0.29, 0.717) is 24.1 Å². The van der Waals surface area contributed by atoms with Crippen molar-refractivity contribution in [3.8, 4) is 62.2 Å². The minimum Gasteiger partial charge on any atom is -0.488 e. The molecule has 0 bridgehead atoms. The fourth-order valence-electron chi connectivity index (χ4n) is 5.77. The van der Waals surface area contributed by atoms with Crippen molar-refractivity contribution in [2.24, 2.45) is 0 Å². The third-order valence-corrected chi connectivity index (χ3v) is 7.85. The summed E-state index contributed by atoms with van der Waals surface area (Å²) in [7, 11) is 0. The van der Waals surface area contributed by atoms with Crippen LogP contribution in [0.25, 0.3) is 67.2 Å². The number of hydrogen-bond acceptors (Lipinski definition) is 4. The van der Waals surface area contributed by atoms with Gasteiger partial charge in [-0.2, -0.15) is 0 Å². The largest absolute Gasteiger partial charge is 0.488 e. The molecule has 4 nitrogen and oxygen atoms in total. The summed E-state index contributed by atoms with van der Waals surface area (Å²) in [4.78, 5) is 14.9. The van der Waals surface area contributed by atoms with Crippen LogP contribution in [0.2, 0.25) is 0 Å². The molecule has 0 saturated carbocycles. The zero-order valence-corrected chi connectivity index (χ0v) is 22.7. The second-order valence-corrected chi connectivity index (χ2v) is 10.4. The van der Waals surface area contributed by atoms with Gasteiger partial charge < -0.3 is 4.74 Å². The van der Waals surface area contributed by atoms with Crippen molar-refractivity contribution in [3.63, 3.8) is 0 Å². The van der Waals surface area contributed by atoms with Crippen LogP contribution in [0.15, 0.2) is 140 Å². The summed E-state index contributed by atoms with van der Waals surface area (Å²) in [5.74, 6) is 2.88. The maximum absolute atomic E-state index is 6.08. The van der Waals surface area contributed by atoms with E-state index in [4.69, 9.17) is 19.7 Å². The average Bonchev–Trinajstić information content (AvgIpc) is 3.08. The molecular formula is C38H25N3O. The van der Waals surface area contributed by atoms with Crippen LogP contribution >= 0.6 is 0 Å². The molecule has 0 aliphatic carbocycles. The lowest BCUT2D eigenvalue weighted by atomic mass is 9.91. The maximum Gasteiger partial charge on any atom is 0.164 e. The van der Waals surface area contributed by atoms with Gasteiger partial charge in [0.2, 0.25) is 0 Å². The highest BCUT2D eigenvalue weighted by atomic mass is 16.5. The molecule has 0 unspecified atom stereocenters. The van der Waals surface area contributed by atoms with E-state index in [1.807, 2.05) is 60.7 Å². The molecule has 0 atom stereocenters. The molecule has 7 aromatic rings. The minimum atomic E-state index is 0.599. The van der Waals surface area contributed by atoms with E-state index >= 15 is 0 Å². The average molecular weight is 540 g/mol. The molecule has 4 heteroatoms. The van der Waals surface area contributed by atoms with Crippen LogP contribution in [0.5, 0.6) is 5.75 Å². The zero-order chi connectivity index (χ0) is 27.9. The van der Waals surface area contributed by atoms with E-state index in [1.54, 1.807) is 0 Å². The Kier molecular flexibility index (Phi) is 5.82. The first-order valence-corrected chi connectivity index (χ1v) is 14.1. The molecule has 0 fully saturated rings. The Morgan fingerprint density at radius 2 is 0.976 bits per heavy atom. The Hall–Kier alpha value is -5.61. The Balaban J connectivity index is 1.31. The molecule has 1 aliphatic heterocycles. The molecule has 6 aromatic carbocycles. The molecule has 0 radical (unpaired) electrons. The summed E-state index contributed by atoms with van der Waals surface area (Å²) >= 11 is 0. The normalized spacial score (nSPS) is 11.9. The molecule has 2 heterocycles. The molecule has 0 N–H and O–H groups in total. The molecule has 0 amide bonds. The zero-order valence-electron chi connectivity index (χ0n) is 22.7. The van der Waals surface area contributed by atoms with E-state index in [0.717, 1.165) is 49.9 Å². The van der Waals surface area contributed by atoms with Gasteiger partial charge in [-0.05, 0) is 51.2 Å². The fourth-order valence-corrected chi connectivity index (χ4v) is 5.77. The number of rotatable bonds is 4. The number of ether oxygens (including phenoxy) is 1. The highest BCUT2D eigenvalue weighted by Crippen LogP contribution is 2.42. The first kappa shape index (κ1) is 24.2. The highest BCUT2D eigenvalue weighted by Gasteiger charge is 2.19. The topological polar surface area (TPSA) is 47.9 Å². The Bertz CT molecular complexity index is 2030. The van der Waals surface area contributed by atoms with Crippen LogP contribution in [0.3, 0.4) is 0 Å². The molecule has 1 aliphatic rings. The van der Waals surface area contributed by atoms with Crippen molar-refractivity contribution in [1.82, 2.24) is 15.0 Å². The number of aromatic nitrogens is 3. The van der Waals surface area contributed by atoms with Crippen molar-refractivity contribution in [2.45, 2.75) is 6.61 Å². The minimum absolute atomic E-state index is 0.599. The highest BCUT2D eigenvalue weighted by molar-refractivity contribution is 6.04. The van der Waals surface area contributed by atoms with E-state index in [2.05, 4.69) is 78.9 Å². The van der Waals surface area contributed by atoms with E-state index in [-0.39, 0.29) is 0 Å². The van der Waals surface area contributed by atoms with Crippen molar-refractivity contribution in [2.75, 3.05) is 0 Å². The summed E-state index contributed by atoms with van der Waals surface area (Å²) < 4.78 is 6.08. The van der Waals surface area contributed by atoms with Gasteiger partial charge in [0.25, 0.3) is 0 Å². The van der Waals surface area contributed by atoms with Gasteiger partial charge in [0.1, 0.15) is 12.4 Å². The van der Waals surface area contributed by atoms with Crippen LogP contribution < -0.4 is 4.74 Å². The smallest absolute Gasteiger partial charge is 0.164 e. The van der Waals surface area contributed by atoms with Crippen molar-refractivity contribution < 1.29 is 4.74 Å². The number of nitrogens with zero attached hydrogens (tertiary/aromatic N) is 3. The third-order valence-electron chi connectivity index (χ3n) is 7.85. The van der Waals surface area contributed by atoms with Gasteiger partial charge in [-0.3, -0.25) is 0 Å². The van der Waals surface area contributed by atoms with Gasteiger partial charge in [0.15, 0.2) is 17.5 Å². The second kappa shape index (κ2) is 10.1.